The Labute approximate surface area is 185 Å². The number of nitrogens with one attached hydrogen (secondary N) is 1. The van der Waals surface area contributed by atoms with Crippen molar-refractivity contribution in [1.82, 2.24) is 0 Å². The smallest absolute Gasteiger partial charge is 0.341 e. The highest BCUT2D eigenvalue weighted by atomic mass is 35.5. The van der Waals surface area contributed by atoms with Crippen LogP contribution in [-0.4, -0.2) is 42.3 Å². The third-order valence-corrected chi connectivity index (χ3v) is 7.14. The number of halogens is 2. The molecular weight excluding hydrogens is 453 g/mol. The Bertz CT molecular complexity index is 1040. The number of methoxy groups -OCH3 is 1. The van der Waals surface area contributed by atoms with E-state index in [0.29, 0.717) is 34.0 Å². The number of carboxylic acids is 1. The zero-order chi connectivity index (χ0) is 21.6. The Balaban J connectivity index is 1.67. The summed E-state index contributed by atoms with van der Waals surface area (Å²) in [4.78, 5) is 37.2. The van der Waals surface area contributed by atoms with Gasteiger partial charge in [0.05, 0.1) is 41.2 Å². The normalized spacial score (nSPS) is 24.6. The van der Waals surface area contributed by atoms with Crippen molar-refractivity contribution >= 4 is 57.4 Å². The summed E-state index contributed by atoms with van der Waals surface area (Å²) in [7, 11) is 1.24. The maximum absolute atomic E-state index is 13.0. The molecule has 1 aromatic carbocycles. The number of amides is 1. The summed E-state index contributed by atoms with van der Waals surface area (Å²) in [5, 5.41) is 15.0. The summed E-state index contributed by atoms with van der Waals surface area (Å²) in [5.41, 5.74) is 1.33. The van der Waals surface area contributed by atoms with Crippen molar-refractivity contribution in [1.29, 1.82) is 0 Å². The van der Waals surface area contributed by atoms with E-state index >= 15 is 0 Å². The van der Waals surface area contributed by atoms with Crippen molar-refractivity contribution in [2.75, 3.05) is 12.4 Å². The van der Waals surface area contributed by atoms with Crippen LogP contribution in [0.15, 0.2) is 23.6 Å². The molecule has 2 N–H and O–H groups in total. The molecule has 4 rings (SSSR count). The first-order valence-corrected chi connectivity index (χ1v) is 10.8. The summed E-state index contributed by atoms with van der Waals surface area (Å²) in [6.07, 6.45) is 0.361. The van der Waals surface area contributed by atoms with Gasteiger partial charge in [0.15, 0.2) is 0 Å². The highest BCUT2D eigenvalue weighted by molar-refractivity contribution is 7.15. The lowest BCUT2D eigenvalue weighted by molar-refractivity contribution is -0.147. The zero-order valence-electron chi connectivity index (χ0n) is 15.7. The molecule has 2 aliphatic rings. The predicted octanol–water partition coefficient (Wildman–Crippen LogP) is 4.33. The number of carbonyl (C=O) groups is 3. The van der Waals surface area contributed by atoms with Crippen LogP contribution in [0.3, 0.4) is 0 Å². The van der Waals surface area contributed by atoms with E-state index in [1.807, 2.05) is 0 Å². The molecule has 2 aliphatic heterocycles. The lowest BCUT2D eigenvalue weighted by Gasteiger charge is -2.23. The summed E-state index contributed by atoms with van der Waals surface area (Å²) < 4.78 is 10.6. The van der Waals surface area contributed by atoms with E-state index in [0.717, 1.165) is 11.3 Å². The number of esters is 1. The third kappa shape index (κ3) is 3.58. The molecule has 1 amide bonds. The monoisotopic (exact) mass is 469 g/mol. The summed E-state index contributed by atoms with van der Waals surface area (Å²) in [6, 6.07) is 4.94. The second-order valence-electron chi connectivity index (χ2n) is 7.14. The lowest BCUT2D eigenvalue weighted by atomic mass is 9.79. The van der Waals surface area contributed by atoms with Crippen LogP contribution in [0.1, 0.15) is 23.2 Å². The Morgan fingerprint density at radius 2 is 1.87 bits per heavy atom. The Morgan fingerprint density at radius 3 is 2.50 bits per heavy atom. The van der Waals surface area contributed by atoms with Crippen LogP contribution in [0.4, 0.5) is 5.00 Å². The molecule has 7 nitrogen and oxygen atoms in total. The van der Waals surface area contributed by atoms with Crippen LogP contribution >= 0.6 is 34.5 Å². The van der Waals surface area contributed by atoms with Crippen LogP contribution in [0, 0.1) is 11.8 Å². The van der Waals surface area contributed by atoms with Crippen LogP contribution in [0.5, 0.6) is 0 Å². The number of thiophene rings is 1. The SMILES string of the molecule is COC(=O)c1c(-c2ccc(Cl)c(Cl)c2)csc1NC(=O)[C@@H]1[C@@H](C(=O)O)[C@H]2CC[C@@H]1O2. The van der Waals surface area contributed by atoms with E-state index in [-0.39, 0.29) is 10.6 Å². The van der Waals surface area contributed by atoms with Crippen LogP contribution < -0.4 is 5.32 Å². The second kappa shape index (κ2) is 8.19. The first-order valence-electron chi connectivity index (χ1n) is 9.16. The Morgan fingerprint density at radius 1 is 1.17 bits per heavy atom. The van der Waals surface area contributed by atoms with Gasteiger partial charge >= 0.3 is 11.9 Å². The predicted molar refractivity (Wildman–Crippen MR) is 112 cm³/mol. The Hall–Kier alpha value is -2.13. The topological polar surface area (TPSA) is 102 Å². The zero-order valence-corrected chi connectivity index (χ0v) is 18.0. The van der Waals surface area contributed by atoms with Gasteiger partial charge in [-0.25, -0.2) is 4.79 Å². The molecule has 0 spiro atoms. The van der Waals surface area contributed by atoms with Crippen molar-refractivity contribution in [2.24, 2.45) is 11.8 Å². The van der Waals surface area contributed by atoms with Crippen molar-refractivity contribution in [3.63, 3.8) is 0 Å². The van der Waals surface area contributed by atoms with Gasteiger partial charge in [-0.15, -0.1) is 11.3 Å². The van der Waals surface area contributed by atoms with Crippen LogP contribution in [-0.2, 0) is 19.1 Å². The maximum atomic E-state index is 13.0. The van der Waals surface area contributed by atoms with Crippen molar-refractivity contribution in [2.45, 2.75) is 25.0 Å². The maximum Gasteiger partial charge on any atom is 0.341 e. The molecule has 158 valence electrons. The quantitative estimate of drug-likeness (QED) is 0.631. The number of benzene rings is 1. The van der Waals surface area contributed by atoms with Gasteiger partial charge in [-0.1, -0.05) is 29.3 Å². The van der Waals surface area contributed by atoms with Gasteiger partial charge < -0.3 is 19.9 Å². The van der Waals surface area contributed by atoms with Crippen molar-refractivity contribution < 1.29 is 29.0 Å². The van der Waals surface area contributed by atoms with Gasteiger partial charge in [0.25, 0.3) is 0 Å². The molecule has 2 saturated heterocycles. The number of fused-ring (bicyclic) bond motifs is 2. The largest absolute Gasteiger partial charge is 0.481 e. The fraction of sp³-hybridized carbons (Fsp3) is 0.350. The number of ether oxygens (including phenoxy) is 2. The molecule has 3 heterocycles. The lowest BCUT2D eigenvalue weighted by Crippen LogP contribution is -2.41. The highest BCUT2D eigenvalue weighted by Crippen LogP contribution is 2.45. The number of aliphatic carboxylic acids is 1. The minimum Gasteiger partial charge on any atom is -0.481 e. The van der Waals surface area contributed by atoms with Crippen molar-refractivity contribution in [3.8, 4) is 11.1 Å². The first-order chi connectivity index (χ1) is 14.3. The molecule has 0 saturated carbocycles. The standard InChI is InChI=1S/C20H17Cl2NO6S/c1-28-20(27)14-9(8-2-3-10(21)11(22)6-8)7-30-18(14)23-17(24)15-12-4-5-13(29-12)16(15)19(25)26/h2-3,6-7,12-13,15-16H,4-5H2,1H3,(H,23,24)(H,25,26)/t12-,13+,15-,16-/m0/s1. The minimum absolute atomic E-state index is 0.171. The van der Waals surface area contributed by atoms with E-state index in [1.54, 1.807) is 23.6 Å². The van der Waals surface area contributed by atoms with Crippen molar-refractivity contribution in [3.05, 3.63) is 39.2 Å². The van der Waals surface area contributed by atoms with Gasteiger partial charge in [0.2, 0.25) is 5.91 Å². The van der Waals surface area contributed by atoms with Gasteiger partial charge in [-0.3, -0.25) is 9.59 Å². The number of rotatable bonds is 5. The number of hydrogen-bond acceptors (Lipinski definition) is 6. The Kier molecular flexibility index (Phi) is 5.76. The fourth-order valence-electron chi connectivity index (χ4n) is 4.15. The number of carboxylic acid groups (broad SMARTS) is 1. The molecule has 10 heteroatoms. The molecule has 2 fully saturated rings. The molecular formula is C20H17Cl2NO6S. The molecule has 2 bridgehead atoms. The molecule has 0 unspecified atom stereocenters. The van der Waals surface area contributed by atoms with Gasteiger partial charge in [-0.2, -0.15) is 0 Å². The molecule has 0 aliphatic carbocycles. The van der Waals surface area contributed by atoms with Crippen LogP contribution in [0.2, 0.25) is 10.0 Å². The van der Waals surface area contributed by atoms with Gasteiger partial charge in [0.1, 0.15) is 10.6 Å². The highest BCUT2D eigenvalue weighted by Gasteiger charge is 2.55. The average molecular weight is 470 g/mol. The van der Waals surface area contributed by atoms with E-state index in [1.165, 1.54) is 7.11 Å². The number of anilines is 1. The molecule has 2 aromatic rings. The average Bonchev–Trinajstić information content (AvgIpc) is 3.43. The van der Waals surface area contributed by atoms with E-state index < -0.39 is 41.9 Å². The van der Waals surface area contributed by atoms with Crippen LogP contribution in [0.25, 0.3) is 11.1 Å². The summed E-state index contributed by atoms with van der Waals surface area (Å²) in [5.74, 6) is -3.89. The summed E-state index contributed by atoms with van der Waals surface area (Å²) in [6.45, 7) is 0. The third-order valence-electron chi connectivity index (χ3n) is 5.51. The van der Waals surface area contributed by atoms with Gasteiger partial charge in [0, 0.05) is 10.9 Å². The fourth-order valence-corrected chi connectivity index (χ4v) is 5.41. The molecule has 4 atom stereocenters. The second-order valence-corrected chi connectivity index (χ2v) is 8.84. The van der Waals surface area contributed by atoms with Gasteiger partial charge in [-0.05, 0) is 30.5 Å². The number of hydrogen-bond donors (Lipinski definition) is 2. The molecule has 1 aromatic heterocycles. The minimum atomic E-state index is -1.06. The molecule has 0 radical (unpaired) electrons. The first kappa shape index (κ1) is 21.1. The summed E-state index contributed by atoms with van der Waals surface area (Å²) >= 11 is 13.2. The molecule has 30 heavy (non-hydrogen) atoms. The van der Waals surface area contributed by atoms with E-state index in [2.05, 4.69) is 5.32 Å². The number of carbonyl (C=O) groups excluding carboxylic acids is 2. The van der Waals surface area contributed by atoms with E-state index in [9.17, 15) is 19.5 Å². The van der Waals surface area contributed by atoms with E-state index in [4.69, 9.17) is 32.7 Å².